The van der Waals surface area contributed by atoms with Crippen molar-refractivity contribution in [3.8, 4) is 0 Å². The summed E-state index contributed by atoms with van der Waals surface area (Å²) in [7, 11) is 0. The van der Waals surface area contributed by atoms with Crippen molar-refractivity contribution in [3.05, 3.63) is 39.9 Å². The van der Waals surface area contributed by atoms with E-state index in [1.54, 1.807) is 12.1 Å². The fourth-order valence-electron chi connectivity index (χ4n) is 2.27. The molecule has 20 heavy (non-hydrogen) atoms. The van der Waals surface area contributed by atoms with E-state index in [9.17, 15) is 14.9 Å². The standard InChI is InChI=1S/C14H17BrN2O3/c15-9-2-10-16(12-3-1-4-12)14(18)11-5-7-13(8-6-11)17(19)20/h5-8,12H,1-4,9-10H2. The van der Waals surface area contributed by atoms with Crippen molar-refractivity contribution >= 4 is 27.5 Å². The smallest absolute Gasteiger partial charge is 0.269 e. The van der Waals surface area contributed by atoms with E-state index in [-0.39, 0.29) is 11.6 Å². The highest BCUT2D eigenvalue weighted by Gasteiger charge is 2.29. The van der Waals surface area contributed by atoms with Gasteiger partial charge < -0.3 is 4.90 Å². The van der Waals surface area contributed by atoms with Crippen LogP contribution in [0.15, 0.2) is 24.3 Å². The molecular weight excluding hydrogens is 324 g/mol. The normalized spacial score (nSPS) is 14.7. The Hall–Kier alpha value is -1.43. The summed E-state index contributed by atoms with van der Waals surface area (Å²) in [5.74, 6) is -0.0226. The molecule has 0 atom stereocenters. The van der Waals surface area contributed by atoms with E-state index in [0.29, 0.717) is 11.6 Å². The van der Waals surface area contributed by atoms with E-state index >= 15 is 0 Å². The maximum Gasteiger partial charge on any atom is 0.269 e. The molecule has 0 heterocycles. The molecular formula is C14H17BrN2O3. The molecule has 0 aromatic heterocycles. The number of hydrogen-bond acceptors (Lipinski definition) is 3. The van der Waals surface area contributed by atoms with Gasteiger partial charge in [-0.3, -0.25) is 14.9 Å². The summed E-state index contributed by atoms with van der Waals surface area (Å²) >= 11 is 3.38. The number of benzene rings is 1. The van der Waals surface area contributed by atoms with Gasteiger partial charge in [0.05, 0.1) is 4.92 Å². The lowest BCUT2D eigenvalue weighted by Gasteiger charge is -2.37. The van der Waals surface area contributed by atoms with E-state index in [1.165, 1.54) is 18.6 Å². The summed E-state index contributed by atoms with van der Waals surface area (Å²) < 4.78 is 0. The van der Waals surface area contributed by atoms with Gasteiger partial charge in [0, 0.05) is 35.6 Å². The predicted octanol–water partition coefficient (Wildman–Crippen LogP) is 3.37. The summed E-state index contributed by atoms with van der Waals surface area (Å²) in [5.41, 5.74) is 0.536. The van der Waals surface area contributed by atoms with Gasteiger partial charge in [0.1, 0.15) is 0 Å². The number of nitrogens with zero attached hydrogens (tertiary/aromatic N) is 2. The van der Waals surface area contributed by atoms with Crippen LogP contribution in [0.3, 0.4) is 0 Å². The number of nitro benzene ring substituents is 1. The second-order valence-corrected chi connectivity index (χ2v) is 5.72. The Bertz CT molecular complexity index is 486. The van der Waals surface area contributed by atoms with E-state index < -0.39 is 4.92 Å². The molecule has 6 heteroatoms. The topological polar surface area (TPSA) is 63.4 Å². The quantitative estimate of drug-likeness (QED) is 0.453. The second-order valence-electron chi connectivity index (χ2n) is 4.93. The van der Waals surface area contributed by atoms with Gasteiger partial charge in [0.25, 0.3) is 11.6 Å². The van der Waals surface area contributed by atoms with Crippen LogP contribution in [0.5, 0.6) is 0 Å². The lowest BCUT2D eigenvalue weighted by molar-refractivity contribution is -0.384. The number of non-ortho nitro benzene ring substituents is 1. The van der Waals surface area contributed by atoms with E-state index in [4.69, 9.17) is 0 Å². The van der Waals surface area contributed by atoms with Crippen molar-refractivity contribution < 1.29 is 9.72 Å². The van der Waals surface area contributed by atoms with Crippen LogP contribution in [0.2, 0.25) is 0 Å². The number of carbonyl (C=O) groups excluding carboxylic acids is 1. The van der Waals surface area contributed by atoms with Crippen LogP contribution in [0, 0.1) is 10.1 Å². The second kappa shape index (κ2) is 6.83. The fraction of sp³-hybridized carbons (Fsp3) is 0.500. The number of amides is 1. The van der Waals surface area contributed by atoms with Gasteiger partial charge in [0.2, 0.25) is 0 Å². The van der Waals surface area contributed by atoms with E-state index in [2.05, 4.69) is 15.9 Å². The van der Waals surface area contributed by atoms with Gasteiger partial charge in [-0.1, -0.05) is 15.9 Å². The van der Waals surface area contributed by atoms with Crippen molar-refractivity contribution in [2.75, 3.05) is 11.9 Å². The Morgan fingerprint density at radius 2 is 2.00 bits per heavy atom. The molecule has 0 unspecified atom stereocenters. The third-order valence-electron chi connectivity index (χ3n) is 3.63. The molecule has 5 nitrogen and oxygen atoms in total. The number of nitro groups is 1. The Labute approximate surface area is 126 Å². The number of rotatable bonds is 6. The molecule has 1 aliphatic carbocycles. The van der Waals surface area contributed by atoms with Gasteiger partial charge >= 0.3 is 0 Å². The molecule has 2 rings (SSSR count). The molecule has 0 aliphatic heterocycles. The van der Waals surface area contributed by atoms with Crippen LogP contribution in [-0.4, -0.2) is 33.6 Å². The van der Waals surface area contributed by atoms with Gasteiger partial charge in [-0.2, -0.15) is 0 Å². The minimum atomic E-state index is -0.456. The van der Waals surface area contributed by atoms with Gasteiger partial charge in [0.15, 0.2) is 0 Å². The summed E-state index contributed by atoms with van der Waals surface area (Å²) in [4.78, 5) is 24.6. The third-order valence-corrected chi connectivity index (χ3v) is 4.19. The predicted molar refractivity (Wildman–Crippen MR) is 80.2 cm³/mol. The van der Waals surface area contributed by atoms with Crippen molar-refractivity contribution in [3.63, 3.8) is 0 Å². The first kappa shape index (κ1) is 15.0. The highest BCUT2D eigenvalue weighted by molar-refractivity contribution is 9.09. The minimum Gasteiger partial charge on any atom is -0.336 e. The van der Waals surface area contributed by atoms with Crippen molar-refractivity contribution in [2.24, 2.45) is 0 Å². The van der Waals surface area contributed by atoms with Gasteiger partial charge in [-0.25, -0.2) is 0 Å². The Morgan fingerprint density at radius 3 is 2.45 bits per heavy atom. The minimum absolute atomic E-state index is 0.0113. The third kappa shape index (κ3) is 3.36. The fourth-order valence-corrected chi connectivity index (χ4v) is 2.52. The zero-order valence-electron chi connectivity index (χ0n) is 11.1. The molecule has 0 radical (unpaired) electrons. The van der Waals surface area contributed by atoms with Gasteiger partial charge in [-0.05, 0) is 37.8 Å². The van der Waals surface area contributed by atoms with Gasteiger partial charge in [-0.15, -0.1) is 0 Å². The lowest BCUT2D eigenvalue weighted by Crippen LogP contribution is -2.44. The molecule has 1 fully saturated rings. The van der Waals surface area contributed by atoms with Crippen LogP contribution in [0.4, 0.5) is 5.69 Å². The monoisotopic (exact) mass is 340 g/mol. The van der Waals surface area contributed by atoms with Crippen LogP contribution in [-0.2, 0) is 0 Å². The summed E-state index contributed by atoms with van der Waals surface area (Å²) in [5, 5.41) is 11.5. The summed E-state index contributed by atoms with van der Waals surface area (Å²) in [6.07, 6.45) is 4.19. The van der Waals surface area contributed by atoms with E-state index in [1.807, 2.05) is 4.90 Å². The number of alkyl halides is 1. The molecule has 0 spiro atoms. The SMILES string of the molecule is O=C(c1ccc([N+](=O)[O-])cc1)N(CCCBr)C1CCC1. The Balaban J connectivity index is 2.11. The van der Waals surface area contributed by atoms with Crippen LogP contribution in [0.25, 0.3) is 0 Å². The number of halogens is 1. The maximum atomic E-state index is 12.5. The number of hydrogen-bond donors (Lipinski definition) is 0. The largest absolute Gasteiger partial charge is 0.336 e. The molecule has 108 valence electrons. The van der Waals surface area contributed by atoms with Crippen molar-refractivity contribution in [1.29, 1.82) is 0 Å². The van der Waals surface area contributed by atoms with Crippen molar-refractivity contribution in [1.82, 2.24) is 4.90 Å². The first-order chi connectivity index (χ1) is 9.63. The molecule has 1 aliphatic rings. The summed E-state index contributed by atoms with van der Waals surface area (Å²) in [6.45, 7) is 0.728. The molecule has 0 N–H and O–H groups in total. The zero-order chi connectivity index (χ0) is 14.5. The lowest BCUT2D eigenvalue weighted by atomic mass is 9.91. The van der Waals surface area contributed by atoms with Crippen LogP contribution >= 0.6 is 15.9 Å². The Morgan fingerprint density at radius 1 is 1.35 bits per heavy atom. The molecule has 1 aromatic carbocycles. The molecule has 0 bridgehead atoms. The molecule has 0 saturated heterocycles. The first-order valence-electron chi connectivity index (χ1n) is 6.75. The van der Waals surface area contributed by atoms with Crippen molar-refractivity contribution in [2.45, 2.75) is 31.7 Å². The number of carbonyl (C=O) groups is 1. The molecule has 1 aromatic rings. The first-order valence-corrected chi connectivity index (χ1v) is 7.87. The maximum absolute atomic E-state index is 12.5. The molecule has 1 saturated carbocycles. The average Bonchev–Trinajstić information content (AvgIpc) is 2.40. The highest BCUT2D eigenvalue weighted by Crippen LogP contribution is 2.27. The van der Waals surface area contributed by atoms with E-state index in [0.717, 1.165) is 31.1 Å². The summed E-state index contributed by atoms with van der Waals surface area (Å²) in [6, 6.07) is 6.19. The zero-order valence-corrected chi connectivity index (χ0v) is 12.7. The Kier molecular flexibility index (Phi) is 5.11. The molecule has 1 amide bonds. The van der Waals surface area contributed by atoms with Crippen LogP contribution < -0.4 is 0 Å². The van der Waals surface area contributed by atoms with Crippen LogP contribution in [0.1, 0.15) is 36.0 Å². The highest BCUT2D eigenvalue weighted by atomic mass is 79.9. The average molecular weight is 341 g/mol.